The van der Waals surface area contributed by atoms with Gasteiger partial charge in [0.1, 0.15) is 17.9 Å². The van der Waals surface area contributed by atoms with Gasteiger partial charge in [-0.1, -0.05) is 91.0 Å². The maximum absolute atomic E-state index is 13.4. The Labute approximate surface area is 224 Å². The molecule has 0 saturated heterocycles. The van der Waals surface area contributed by atoms with Gasteiger partial charge in [-0.3, -0.25) is 0 Å². The van der Waals surface area contributed by atoms with E-state index in [1.807, 2.05) is 60.7 Å². The summed E-state index contributed by atoms with van der Waals surface area (Å²) in [5.74, 6) is -0.511. The molecule has 0 aliphatic heterocycles. The monoisotopic (exact) mass is 519 g/mol. The average Bonchev–Trinajstić information content (AvgIpc) is 2.97. The van der Waals surface area contributed by atoms with Crippen LogP contribution in [-0.4, -0.2) is 12.1 Å². The Hall–Kier alpha value is -5.17. The van der Waals surface area contributed by atoms with Crippen LogP contribution in [0.2, 0.25) is 0 Å². The number of fused-ring (bicyclic) bond motifs is 1. The molecular formula is C32H25NO6. The largest absolute Gasteiger partial charge is 0.445 e. The Morgan fingerprint density at radius 1 is 0.846 bits per heavy atom. The topological polar surface area (TPSA) is 94.8 Å². The number of hydrogen-bond donors (Lipinski definition) is 1. The molecule has 1 heterocycles. The van der Waals surface area contributed by atoms with E-state index >= 15 is 0 Å². The van der Waals surface area contributed by atoms with Gasteiger partial charge < -0.3 is 19.2 Å². The van der Waals surface area contributed by atoms with E-state index in [4.69, 9.17) is 13.9 Å². The van der Waals surface area contributed by atoms with Crippen molar-refractivity contribution in [2.75, 3.05) is 0 Å². The minimum absolute atomic E-state index is 0.0514. The quantitative estimate of drug-likeness (QED) is 0.153. The number of nitrogens with one attached hydrogen (secondary N) is 1. The Balaban J connectivity index is 1.41. The standard InChI is InChI=1S/C32H25NO6/c1-21-27(18-17-25-26(19-28(34)39-30(21)25)23-13-7-3-8-14-23)38-31(35)29(24-15-9-4-10-16-24)33-32(36)37-20-22-11-5-2-6-12-22/h2-19,29H,20H2,1H3,(H,33,36). The van der Waals surface area contributed by atoms with Gasteiger partial charge in [-0.2, -0.15) is 0 Å². The first kappa shape index (κ1) is 25.5. The third-order valence-corrected chi connectivity index (χ3v) is 6.25. The minimum atomic E-state index is -1.13. The van der Waals surface area contributed by atoms with Gasteiger partial charge in [0.25, 0.3) is 0 Å². The lowest BCUT2D eigenvalue weighted by Crippen LogP contribution is -2.36. The van der Waals surface area contributed by atoms with Crippen molar-refractivity contribution in [1.82, 2.24) is 5.32 Å². The number of ether oxygens (including phenoxy) is 2. The van der Waals surface area contributed by atoms with Crippen LogP contribution in [0, 0.1) is 6.92 Å². The molecular weight excluding hydrogens is 494 g/mol. The molecule has 194 valence electrons. The van der Waals surface area contributed by atoms with E-state index in [0.717, 1.165) is 11.1 Å². The second-order valence-corrected chi connectivity index (χ2v) is 8.88. The molecule has 0 radical (unpaired) electrons. The number of aryl methyl sites for hydroxylation is 1. The molecule has 5 aromatic rings. The zero-order chi connectivity index (χ0) is 27.2. The van der Waals surface area contributed by atoms with E-state index in [0.29, 0.717) is 27.7 Å². The Bertz CT molecular complexity index is 1660. The van der Waals surface area contributed by atoms with Gasteiger partial charge in [-0.25, -0.2) is 14.4 Å². The van der Waals surface area contributed by atoms with Crippen molar-refractivity contribution in [3.63, 3.8) is 0 Å². The van der Waals surface area contributed by atoms with Crippen molar-refractivity contribution in [3.05, 3.63) is 136 Å². The summed E-state index contributed by atoms with van der Waals surface area (Å²) >= 11 is 0. The zero-order valence-corrected chi connectivity index (χ0v) is 21.1. The number of benzene rings is 4. The molecule has 0 saturated carbocycles. The number of amides is 1. The summed E-state index contributed by atoms with van der Waals surface area (Å²) in [5, 5.41) is 3.32. The smallest absolute Gasteiger partial charge is 0.408 e. The van der Waals surface area contributed by atoms with Crippen LogP contribution in [0.1, 0.15) is 22.7 Å². The number of carbonyl (C=O) groups is 2. The first-order valence-corrected chi connectivity index (χ1v) is 12.4. The third-order valence-electron chi connectivity index (χ3n) is 6.25. The van der Waals surface area contributed by atoms with Crippen molar-refractivity contribution in [2.24, 2.45) is 0 Å². The average molecular weight is 520 g/mol. The summed E-state index contributed by atoms with van der Waals surface area (Å²) in [6.07, 6.45) is -0.765. The van der Waals surface area contributed by atoms with E-state index < -0.39 is 23.7 Å². The fourth-order valence-electron chi connectivity index (χ4n) is 4.28. The van der Waals surface area contributed by atoms with Crippen LogP contribution in [0.3, 0.4) is 0 Å². The first-order chi connectivity index (χ1) is 19.0. The van der Waals surface area contributed by atoms with E-state index in [1.165, 1.54) is 6.07 Å². The van der Waals surface area contributed by atoms with Crippen LogP contribution in [0.5, 0.6) is 5.75 Å². The zero-order valence-electron chi connectivity index (χ0n) is 21.1. The molecule has 0 fully saturated rings. The molecule has 4 aromatic carbocycles. The van der Waals surface area contributed by atoms with Gasteiger partial charge in [-0.15, -0.1) is 0 Å². The molecule has 7 heteroatoms. The molecule has 1 N–H and O–H groups in total. The molecule has 0 spiro atoms. The molecule has 1 unspecified atom stereocenters. The first-order valence-electron chi connectivity index (χ1n) is 12.4. The van der Waals surface area contributed by atoms with E-state index in [2.05, 4.69) is 5.32 Å². The molecule has 7 nitrogen and oxygen atoms in total. The summed E-state index contributed by atoms with van der Waals surface area (Å²) in [5.41, 5.74) is 3.20. The second-order valence-electron chi connectivity index (χ2n) is 8.88. The van der Waals surface area contributed by atoms with Crippen molar-refractivity contribution in [2.45, 2.75) is 19.6 Å². The highest BCUT2D eigenvalue weighted by molar-refractivity contribution is 5.96. The van der Waals surface area contributed by atoms with Crippen LogP contribution in [-0.2, 0) is 16.1 Å². The van der Waals surface area contributed by atoms with Crippen molar-refractivity contribution >= 4 is 23.0 Å². The van der Waals surface area contributed by atoms with Gasteiger partial charge >= 0.3 is 17.7 Å². The Morgan fingerprint density at radius 2 is 1.49 bits per heavy atom. The van der Waals surface area contributed by atoms with Crippen LogP contribution >= 0.6 is 0 Å². The predicted molar refractivity (Wildman–Crippen MR) is 147 cm³/mol. The number of esters is 1. The van der Waals surface area contributed by atoms with Gasteiger partial charge in [0, 0.05) is 17.0 Å². The summed E-state index contributed by atoms with van der Waals surface area (Å²) < 4.78 is 16.6. The fraction of sp³-hybridized carbons (Fsp3) is 0.0938. The number of hydrogen-bond acceptors (Lipinski definition) is 6. The van der Waals surface area contributed by atoms with E-state index in [-0.39, 0.29) is 12.4 Å². The highest BCUT2D eigenvalue weighted by Crippen LogP contribution is 2.33. The lowest BCUT2D eigenvalue weighted by atomic mass is 10.00. The lowest BCUT2D eigenvalue weighted by Gasteiger charge is -2.19. The summed E-state index contributed by atoms with van der Waals surface area (Å²) in [4.78, 5) is 38.4. The molecule has 0 aliphatic carbocycles. The van der Waals surface area contributed by atoms with Crippen molar-refractivity contribution in [1.29, 1.82) is 0 Å². The summed E-state index contributed by atoms with van der Waals surface area (Å²) in [6, 6.07) is 31.2. The van der Waals surface area contributed by atoms with Crippen molar-refractivity contribution < 1.29 is 23.5 Å². The van der Waals surface area contributed by atoms with E-state index in [9.17, 15) is 14.4 Å². The maximum Gasteiger partial charge on any atom is 0.408 e. The minimum Gasteiger partial charge on any atom is -0.445 e. The van der Waals surface area contributed by atoms with Gasteiger partial charge in [0.2, 0.25) is 0 Å². The highest BCUT2D eigenvalue weighted by Gasteiger charge is 2.27. The van der Waals surface area contributed by atoms with Crippen LogP contribution in [0.15, 0.2) is 118 Å². The summed E-state index contributed by atoms with van der Waals surface area (Å²) in [6.45, 7) is 1.76. The molecule has 5 rings (SSSR count). The van der Waals surface area contributed by atoms with Crippen LogP contribution < -0.4 is 15.7 Å². The second kappa shape index (κ2) is 11.5. The third kappa shape index (κ3) is 5.88. The molecule has 0 aliphatic rings. The summed E-state index contributed by atoms with van der Waals surface area (Å²) in [7, 11) is 0. The Morgan fingerprint density at radius 3 is 2.18 bits per heavy atom. The predicted octanol–water partition coefficient (Wildman–Crippen LogP) is 6.34. The molecule has 1 aromatic heterocycles. The normalized spacial score (nSPS) is 11.5. The highest BCUT2D eigenvalue weighted by atomic mass is 16.6. The maximum atomic E-state index is 13.4. The van der Waals surface area contributed by atoms with Gasteiger partial charge in [0.15, 0.2) is 6.04 Å². The fourth-order valence-corrected chi connectivity index (χ4v) is 4.28. The Kier molecular flexibility index (Phi) is 7.50. The molecule has 0 bridgehead atoms. The molecule has 1 atom stereocenters. The van der Waals surface area contributed by atoms with Crippen molar-refractivity contribution in [3.8, 4) is 16.9 Å². The van der Waals surface area contributed by atoms with E-state index in [1.54, 1.807) is 49.4 Å². The number of alkyl carbamates (subject to hydrolysis) is 1. The molecule has 39 heavy (non-hydrogen) atoms. The number of carbonyl (C=O) groups excluding carboxylic acids is 2. The lowest BCUT2D eigenvalue weighted by molar-refractivity contribution is -0.136. The number of rotatable bonds is 7. The van der Waals surface area contributed by atoms with Gasteiger partial charge in [-0.05, 0) is 41.3 Å². The van der Waals surface area contributed by atoms with Gasteiger partial charge in [0.05, 0.1) is 0 Å². The SMILES string of the molecule is Cc1c(OC(=O)C(NC(=O)OCc2ccccc2)c2ccccc2)ccc2c(-c3ccccc3)cc(=O)oc12. The van der Waals surface area contributed by atoms with Crippen LogP contribution in [0.4, 0.5) is 4.79 Å². The molecule has 1 amide bonds. The van der Waals surface area contributed by atoms with Crippen LogP contribution in [0.25, 0.3) is 22.1 Å².